The number of allylic oxidation sites excluding steroid dienone is 3. The Kier molecular flexibility index (Phi) is 20.9. The third-order valence-electron chi connectivity index (χ3n) is 3.64. The molecule has 0 amide bonds. The van der Waals surface area contributed by atoms with Crippen LogP contribution in [-0.2, 0) is 14.3 Å². The van der Waals surface area contributed by atoms with Crippen LogP contribution < -0.4 is 0 Å². The normalized spacial score (nSPS) is 13.4. The summed E-state index contributed by atoms with van der Waals surface area (Å²) in [5.74, 6) is 0.367. The van der Waals surface area contributed by atoms with E-state index < -0.39 is 0 Å². The average molecular weight is 395 g/mol. The van der Waals surface area contributed by atoms with Gasteiger partial charge in [0.2, 0.25) is 0 Å². The molecule has 0 N–H and O–H groups in total. The van der Waals surface area contributed by atoms with E-state index in [0.29, 0.717) is 5.92 Å². The molecule has 5 heteroatoms. The Morgan fingerprint density at radius 1 is 1.17 bits per heavy atom. The number of esters is 1. The molecular formula is C19H38Ca2O3. The van der Waals surface area contributed by atoms with Crippen LogP contribution in [0.15, 0.2) is 23.8 Å². The van der Waals surface area contributed by atoms with Gasteiger partial charge in [0.15, 0.2) is 0 Å². The molecule has 1 unspecified atom stereocenters. The molecule has 0 saturated carbocycles. The molecule has 0 fully saturated rings. The van der Waals surface area contributed by atoms with E-state index in [1.54, 1.807) is 13.2 Å². The Bertz CT molecular complexity index is 388. The molecule has 0 aliphatic carbocycles. The number of carbonyl (C=O) groups is 1. The Balaban J connectivity index is -0.00000220. The first-order valence-electron chi connectivity index (χ1n) is 8.27. The van der Waals surface area contributed by atoms with Crippen LogP contribution in [0.3, 0.4) is 0 Å². The molecule has 0 bridgehead atoms. The van der Waals surface area contributed by atoms with Gasteiger partial charge in [0.25, 0.3) is 0 Å². The molecule has 0 spiro atoms. The summed E-state index contributed by atoms with van der Waals surface area (Å²) in [7, 11) is 1.77. The van der Waals surface area contributed by atoms with Gasteiger partial charge in [-0.25, -0.2) is 4.79 Å². The summed E-state index contributed by atoms with van der Waals surface area (Å²) < 4.78 is 10.5. The van der Waals surface area contributed by atoms with E-state index >= 15 is 0 Å². The fourth-order valence-electron chi connectivity index (χ4n) is 2.08. The molecule has 0 aromatic rings. The number of ether oxygens (including phenoxy) is 2. The third-order valence-corrected chi connectivity index (χ3v) is 3.64. The van der Waals surface area contributed by atoms with E-state index in [-0.39, 0.29) is 93.2 Å². The summed E-state index contributed by atoms with van der Waals surface area (Å²) in [6.07, 6.45) is 10.1. The van der Waals surface area contributed by atoms with Gasteiger partial charge in [0, 0.05) is 13.2 Å². The molecule has 0 aliphatic heterocycles. The topological polar surface area (TPSA) is 35.5 Å². The van der Waals surface area contributed by atoms with Gasteiger partial charge in [0.1, 0.15) is 0 Å². The van der Waals surface area contributed by atoms with Crippen molar-refractivity contribution in [3.63, 3.8) is 0 Å². The summed E-state index contributed by atoms with van der Waals surface area (Å²) in [5, 5.41) is 0. The predicted octanol–water partition coefficient (Wildman–Crippen LogP) is 3.23. The Morgan fingerprint density at radius 2 is 1.75 bits per heavy atom. The molecule has 0 heterocycles. The van der Waals surface area contributed by atoms with Crippen molar-refractivity contribution in [3.05, 3.63) is 23.8 Å². The standard InChI is InChI=1S/C19H34O3.2Ca.4H/c1-15(2)22-18(20)14-17(4)11-8-10-16(3)12-9-13-19(5,6)21-7;;;;;;/h8,11,14-16H,9-10,12-13H2,1-7H3;;;;;;/b11-8+,17-14+;;;;;;. The number of rotatable bonds is 10. The van der Waals surface area contributed by atoms with Gasteiger partial charge < -0.3 is 9.47 Å². The van der Waals surface area contributed by atoms with Crippen molar-refractivity contribution < 1.29 is 14.3 Å². The summed E-state index contributed by atoms with van der Waals surface area (Å²) in [6, 6.07) is 0. The fraction of sp³-hybridized carbons (Fsp3) is 0.737. The van der Waals surface area contributed by atoms with E-state index in [2.05, 4.69) is 26.8 Å². The Hall–Kier alpha value is 1.43. The van der Waals surface area contributed by atoms with Crippen molar-refractivity contribution in [1.29, 1.82) is 0 Å². The molecule has 136 valence electrons. The van der Waals surface area contributed by atoms with Gasteiger partial charge in [-0.3, -0.25) is 0 Å². The van der Waals surface area contributed by atoms with Crippen LogP contribution in [0.25, 0.3) is 0 Å². The second kappa shape index (κ2) is 16.6. The Morgan fingerprint density at radius 3 is 2.25 bits per heavy atom. The van der Waals surface area contributed by atoms with Gasteiger partial charge in [-0.1, -0.05) is 31.9 Å². The zero-order chi connectivity index (χ0) is 17.2. The number of hydrogen-bond donors (Lipinski definition) is 0. The van der Waals surface area contributed by atoms with Gasteiger partial charge in [-0.15, -0.1) is 0 Å². The maximum absolute atomic E-state index is 11.5. The average Bonchev–Trinajstić information content (AvgIpc) is 2.37. The van der Waals surface area contributed by atoms with Gasteiger partial charge in [-0.2, -0.15) is 0 Å². The zero-order valence-corrected chi connectivity index (χ0v) is 15.4. The van der Waals surface area contributed by atoms with Crippen LogP contribution in [0, 0.1) is 5.92 Å². The van der Waals surface area contributed by atoms with E-state index in [9.17, 15) is 4.79 Å². The summed E-state index contributed by atoms with van der Waals surface area (Å²) in [5.41, 5.74) is 0.907. The van der Waals surface area contributed by atoms with Crippen LogP contribution >= 0.6 is 0 Å². The quantitative estimate of drug-likeness (QED) is 0.247. The molecule has 0 aromatic heterocycles. The second-order valence-electron chi connectivity index (χ2n) is 6.97. The summed E-state index contributed by atoms with van der Waals surface area (Å²) in [4.78, 5) is 11.5. The molecule has 0 rings (SSSR count). The van der Waals surface area contributed by atoms with Crippen LogP contribution in [0.4, 0.5) is 0 Å². The van der Waals surface area contributed by atoms with E-state index in [0.717, 1.165) is 18.4 Å². The number of methoxy groups -OCH3 is 1. The third kappa shape index (κ3) is 18.2. The van der Waals surface area contributed by atoms with E-state index in [1.165, 1.54) is 12.8 Å². The van der Waals surface area contributed by atoms with Gasteiger partial charge >= 0.3 is 81.4 Å². The molecule has 0 radical (unpaired) electrons. The van der Waals surface area contributed by atoms with Crippen molar-refractivity contribution in [1.82, 2.24) is 0 Å². The van der Waals surface area contributed by atoms with Gasteiger partial charge in [-0.05, 0) is 59.0 Å². The van der Waals surface area contributed by atoms with Crippen molar-refractivity contribution in [2.45, 2.75) is 78.9 Å². The van der Waals surface area contributed by atoms with Crippen LogP contribution in [-0.4, -0.2) is 100 Å². The van der Waals surface area contributed by atoms with Crippen molar-refractivity contribution in [3.8, 4) is 0 Å². The molecule has 0 saturated heterocycles. The van der Waals surface area contributed by atoms with Crippen LogP contribution in [0.1, 0.15) is 67.2 Å². The first-order chi connectivity index (χ1) is 10.2. The second-order valence-corrected chi connectivity index (χ2v) is 6.97. The monoisotopic (exact) mass is 394 g/mol. The first kappa shape index (κ1) is 30.2. The first-order valence-corrected chi connectivity index (χ1v) is 8.27. The molecule has 0 aliphatic rings. The van der Waals surface area contributed by atoms with Gasteiger partial charge in [0.05, 0.1) is 11.7 Å². The molecule has 1 atom stereocenters. The molecule has 24 heavy (non-hydrogen) atoms. The van der Waals surface area contributed by atoms with Crippen molar-refractivity contribution >= 4 is 81.4 Å². The molecule has 0 aromatic carbocycles. The van der Waals surface area contributed by atoms with E-state index in [4.69, 9.17) is 9.47 Å². The van der Waals surface area contributed by atoms with Crippen molar-refractivity contribution in [2.24, 2.45) is 5.92 Å². The Labute approximate surface area is 209 Å². The predicted molar refractivity (Wildman–Crippen MR) is 110 cm³/mol. The number of carbonyl (C=O) groups excluding carboxylic acids is 1. The zero-order valence-electron chi connectivity index (χ0n) is 15.4. The summed E-state index contributed by atoms with van der Waals surface area (Å²) >= 11 is 0. The minimum atomic E-state index is -0.271. The van der Waals surface area contributed by atoms with Crippen LogP contribution in [0.2, 0.25) is 0 Å². The molecule has 3 nitrogen and oxygen atoms in total. The van der Waals surface area contributed by atoms with E-state index in [1.807, 2.05) is 26.8 Å². The maximum atomic E-state index is 11.5. The van der Waals surface area contributed by atoms with Crippen molar-refractivity contribution in [2.75, 3.05) is 7.11 Å². The summed E-state index contributed by atoms with van der Waals surface area (Å²) in [6.45, 7) is 12.1. The molecular weight excluding hydrogens is 356 g/mol. The minimum absolute atomic E-state index is 0. The SMILES string of the molecule is COC(C)(C)CCCC(C)C/C=C/C(C)=C/C(=O)OC(C)C.[CaH2].[CaH2]. The van der Waals surface area contributed by atoms with Crippen LogP contribution in [0.5, 0.6) is 0 Å². The fourth-order valence-corrected chi connectivity index (χ4v) is 2.08. The number of hydrogen-bond acceptors (Lipinski definition) is 3.